The fraction of sp³-hybridized carbons (Fsp3) is 0.350. The standard InChI is InChI=1S/C20H25FN4O.HI/c1-14-2-5-16(6-3-14)24-20(22)23-13-15-4-7-19(18(21)12-15)25-10-8-17(26)9-11-25;/h2-7,12,17,26H,8-11,13H2,1H3,(H3,22,23,24);1H. The number of anilines is 2. The minimum Gasteiger partial charge on any atom is -0.393 e. The summed E-state index contributed by atoms with van der Waals surface area (Å²) in [5.41, 5.74) is 9.28. The van der Waals surface area contributed by atoms with E-state index in [2.05, 4.69) is 10.3 Å². The molecule has 0 bridgehead atoms. The molecule has 5 nitrogen and oxygen atoms in total. The van der Waals surface area contributed by atoms with Gasteiger partial charge in [0.25, 0.3) is 0 Å². The molecular weight excluding hydrogens is 458 g/mol. The molecule has 1 heterocycles. The molecule has 2 aromatic rings. The summed E-state index contributed by atoms with van der Waals surface area (Å²) in [7, 11) is 0. The maximum absolute atomic E-state index is 14.4. The van der Waals surface area contributed by atoms with Crippen LogP contribution < -0.4 is 16.0 Å². The van der Waals surface area contributed by atoms with E-state index in [9.17, 15) is 9.50 Å². The Morgan fingerprint density at radius 3 is 2.52 bits per heavy atom. The van der Waals surface area contributed by atoms with Crippen LogP contribution in [0.2, 0.25) is 0 Å². The van der Waals surface area contributed by atoms with Gasteiger partial charge < -0.3 is 21.1 Å². The summed E-state index contributed by atoms with van der Waals surface area (Å²) in [6, 6.07) is 13.0. The van der Waals surface area contributed by atoms with E-state index < -0.39 is 0 Å². The fourth-order valence-corrected chi connectivity index (χ4v) is 3.01. The van der Waals surface area contributed by atoms with Gasteiger partial charge in [-0.1, -0.05) is 23.8 Å². The minimum atomic E-state index is -0.271. The third kappa shape index (κ3) is 6.07. The molecule has 0 aromatic heterocycles. The number of hydrogen-bond acceptors (Lipinski definition) is 3. The molecule has 0 spiro atoms. The van der Waals surface area contributed by atoms with Gasteiger partial charge in [0.1, 0.15) is 5.82 Å². The van der Waals surface area contributed by atoms with Crippen LogP contribution in [0.15, 0.2) is 47.5 Å². The largest absolute Gasteiger partial charge is 0.393 e. The van der Waals surface area contributed by atoms with Crippen LogP contribution in [0.25, 0.3) is 0 Å². The Kier molecular flexibility index (Phi) is 7.85. The zero-order valence-electron chi connectivity index (χ0n) is 15.4. The van der Waals surface area contributed by atoms with E-state index in [1.54, 1.807) is 6.07 Å². The number of aliphatic hydroxyl groups excluding tert-OH is 1. The van der Waals surface area contributed by atoms with E-state index >= 15 is 0 Å². The lowest BCUT2D eigenvalue weighted by Gasteiger charge is -2.31. The van der Waals surface area contributed by atoms with E-state index in [-0.39, 0.29) is 35.9 Å². The maximum atomic E-state index is 14.4. The van der Waals surface area contributed by atoms with Crippen LogP contribution in [-0.4, -0.2) is 30.3 Å². The lowest BCUT2D eigenvalue weighted by molar-refractivity contribution is 0.145. The Labute approximate surface area is 176 Å². The number of nitrogens with one attached hydrogen (secondary N) is 1. The smallest absolute Gasteiger partial charge is 0.193 e. The molecule has 146 valence electrons. The van der Waals surface area contributed by atoms with Crippen molar-refractivity contribution in [2.24, 2.45) is 10.7 Å². The van der Waals surface area contributed by atoms with Gasteiger partial charge in [0, 0.05) is 18.8 Å². The predicted molar refractivity (Wildman–Crippen MR) is 119 cm³/mol. The van der Waals surface area contributed by atoms with E-state index in [1.165, 1.54) is 11.6 Å². The first-order valence-electron chi connectivity index (χ1n) is 8.86. The van der Waals surface area contributed by atoms with Crippen LogP contribution in [0.1, 0.15) is 24.0 Å². The number of guanidine groups is 1. The van der Waals surface area contributed by atoms with Gasteiger partial charge in [-0.3, -0.25) is 0 Å². The third-order valence-electron chi connectivity index (χ3n) is 4.57. The summed E-state index contributed by atoms with van der Waals surface area (Å²) in [6.07, 6.45) is 1.08. The average Bonchev–Trinajstić information content (AvgIpc) is 2.63. The molecule has 0 aliphatic carbocycles. The van der Waals surface area contributed by atoms with Gasteiger partial charge in [0.05, 0.1) is 18.3 Å². The van der Waals surface area contributed by atoms with Crippen LogP contribution >= 0.6 is 24.0 Å². The highest BCUT2D eigenvalue weighted by Crippen LogP contribution is 2.24. The molecule has 4 N–H and O–H groups in total. The van der Waals surface area contributed by atoms with Crippen LogP contribution in [0.3, 0.4) is 0 Å². The van der Waals surface area contributed by atoms with Crippen molar-refractivity contribution in [1.29, 1.82) is 0 Å². The molecule has 0 unspecified atom stereocenters. The van der Waals surface area contributed by atoms with E-state index in [4.69, 9.17) is 5.73 Å². The molecule has 1 saturated heterocycles. The number of aryl methyl sites for hydroxylation is 1. The Morgan fingerprint density at radius 1 is 1.22 bits per heavy atom. The summed E-state index contributed by atoms with van der Waals surface area (Å²) in [6.45, 7) is 3.66. The highest BCUT2D eigenvalue weighted by molar-refractivity contribution is 14.0. The summed E-state index contributed by atoms with van der Waals surface area (Å²) >= 11 is 0. The van der Waals surface area contributed by atoms with Crippen molar-refractivity contribution in [3.8, 4) is 0 Å². The van der Waals surface area contributed by atoms with Crippen LogP contribution in [-0.2, 0) is 6.54 Å². The molecule has 3 rings (SSSR count). The molecule has 1 fully saturated rings. The predicted octanol–water partition coefficient (Wildman–Crippen LogP) is 3.64. The highest BCUT2D eigenvalue weighted by atomic mass is 127. The fourth-order valence-electron chi connectivity index (χ4n) is 3.01. The second-order valence-electron chi connectivity index (χ2n) is 6.70. The molecular formula is C20H26FIN4O. The number of nitrogens with two attached hydrogens (primary N) is 1. The molecule has 0 amide bonds. The summed E-state index contributed by atoms with van der Waals surface area (Å²) in [5, 5.41) is 12.6. The second kappa shape index (κ2) is 9.89. The minimum absolute atomic E-state index is 0. The number of halogens is 2. The van der Waals surface area contributed by atoms with E-state index in [0.29, 0.717) is 44.1 Å². The zero-order chi connectivity index (χ0) is 18.5. The van der Waals surface area contributed by atoms with Crippen molar-refractivity contribution >= 4 is 41.3 Å². The first-order valence-corrected chi connectivity index (χ1v) is 8.86. The van der Waals surface area contributed by atoms with Crippen LogP contribution in [0.5, 0.6) is 0 Å². The van der Waals surface area contributed by atoms with Crippen LogP contribution in [0.4, 0.5) is 15.8 Å². The molecule has 0 radical (unpaired) electrons. The quantitative estimate of drug-likeness (QED) is 0.352. The molecule has 1 aliphatic rings. The molecule has 27 heavy (non-hydrogen) atoms. The van der Waals surface area contributed by atoms with Gasteiger partial charge in [0.2, 0.25) is 0 Å². The van der Waals surface area contributed by atoms with Gasteiger partial charge in [-0.05, 0) is 49.6 Å². The summed E-state index contributed by atoms with van der Waals surface area (Å²) in [4.78, 5) is 6.25. The number of nitrogens with zero attached hydrogens (tertiary/aromatic N) is 2. The number of hydrogen-bond donors (Lipinski definition) is 3. The Hall–Kier alpha value is -1.87. The van der Waals surface area contributed by atoms with Gasteiger partial charge in [0.15, 0.2) is 5.96 Å². The van der Waals surface area contributed by atoms with Gasteiger partial charge in [-0.25, -0.2) is 9.38 Å². The zero-order valence-corrected chi connectivity index (χ0v) is 17.7. The summed E-state index contributed by atoms with van der Waals surface area (Å²) in [5.74, 6) is 0.0301. The summed E-state index contributed by atoms with van der Waals surface area (Å²) < 4.78 is 14.4. The van der Waals surface area contributed by atoms with E-state index in [0.717, 1.165) is 11.3 Å². The Balaban J connectivity index is 0.00000261. The molecule has 1 aliphatic heterocycles. The van der Waals surface area contributed by atoms with Crippen molar-refractivity contribution < 1.29 is 9.50 Å². The first kappa shape index (κ1) is 21.4. The second-order valence-corrected chi connectivity index (χ2v) is 6.70. The Bertz CT molecular complexity index is 774. The van der Waals surface area contributed by atoms with E-state index in [1.807, 2.05) is 42.2 Å². The first-order chi connectivity index (χ1) is 12.5. The van der Waals surface area contributed by atoms with Gasteiger partial charge in [-0.2, -0.15) is 0 Å². The van der Waals surface area contributed by atoms with Gasteiger partial charge >= 0.3 is 0 Å². The Morgan fingerprint density at radius 2 is 1.89 bits per heavy atom. The number of benzene rings is 2. The average molecular weight is 484 g/mol. The topological polar surface area (TPSA) is 73.9 Å². The highest BCUT2D eigenvalue weighted by Gasteiger charge is 2.19. The monoisotopic (exact) mass is 484 g/mol. The number of rotatable bonds is 4. The third-order valence-corrected chi connectivity index (χ3v) is 4.57. The SMILES string of the molecule is Cc1ccc(NC(N)=NCc2ccc(N3CCC(O)CC3)c(F)c2)cc1.I. The van der Waals surface area contributed by atoms with Crippen molar-refractivity contribution in [3.63, 3.8) is 0 Å². The van der Waals surface area contributed by atoms with Crippen molar-refractivity contribution in [2.75, 3.05) is 23.3 Å². The lowest BCUT2D eigenvalue weighted by atomic mass is 10.1. The molecule has 0 saturated carbocycles. The van der Waals surface area contributed by atoms with Crippen LogP contribution in [0, 0.1) is 12.7 Å². The van der Waals surface area contributed by atoms with Gasteiger partial charge in [-0.15, -0.1) is 24.0 Å². The molecule has 0 atom stereocenters. The lowest BCUT2D eigenvalue weighted by Crippen LogP contribution is -2.36. The van der Waals surface area contributed by atoms with Crippen molar-refractivity contribution in [2.45, 2.75) is 32.4 Å². The molecule has 7 heteroatoms. The maximum Gasteiger partial charge on any atom is 0.193 e. The van der Waals surface area contributed by atoms with Crippen molar-refractivity contribution in [3.05, 3.63) is 59.4 Å². The number of aliphatic imine (C=N–C) groups is 1. The molecule has 2 aromatic carbocycles. The normalized spacial score (nSPS) is 15.4. The van der Waals surface area contributed by atoms with Crippen molar-refractivity contribution in [1.82, 2.24) is 0 Å². The number of piperidine rings is 1. The number of aliphatic hydroxyl groups is 1.